The van der Waals surface area contributed by atoms with Gasteiger partial charge in [0.15, 0.2) is 0 Å². The van der Waals surface area contributed by atoms with E-state index in [0.29, 0.717) is 6.54 Å². The molecule has 28 heavy (non-hydrogen) atoms. The zero-order valence-corrected chi connectivity index (χ0v) is 16.3. The standard InChI is InChI=1S/C21H22FN3O2S/c22-16-7-5-15(6-8-16)21-24-17(14-28-21)12-20(26)23-13-18(19-4-3-11-27-19)25-9-1-2-10-25/h3-8,11,14,18H,1-2,9-10,12-13H2,(H,23,26). The Morgan fingerprint density at radius 2 is 2.04 bits per heavy atom. The lowest BCUT2D eigenvalue weighted by atomic mass is 10.2. The van der Waals surface area contributed by atoms with Crippen LogP contribution in [0.2, 0.25) is 0 Å². The summed E-state index contributed by atoms with van der Waals surface area (Å²) in [5.74, 6) is 0.546. The molecule has 1 aliphatic heterocycles. The average Bonchev–Trinajstić information content (AvgIpc) is 3.46. The van der Waals surface area contributed by atoms with Crippen LogP contribution in [0.15, 0.2) is 52.5 Å². The van der Waals surface area contributed by atoms with Crippen molar-refractivity contribution >= 4 is 17.2 Å². The van der Waals surface area contributed by atoms with Gasteiger partial charge in [-0.2, -0.15) is 0 Å². The van der Waals surface area contributed by atoms with Crippen LogP contribution in [-0.2, 0) is 11.2 Å². The van der Waals surface area contributed by atoms with Gasteiger partial charge in [0.25, 0.3) is 0 Å². The normalized spacial score (nSPS) is 15.6. The van der Waals surface area contributed by atoms with Gasteiger partial charge in [-0.05, 0) is 62.3 Å². The van der Waals surface area contributed by atoms with Crippen molar-refractivity contribution in [1.29, 1.82) is 0 Å². The summed E-state index contributed by atoms with van der Waals surface area (Å²) in [7, 11) is 0. The molecule has 3 heterocycles. The number of hydrogen-bond acceptors (Lipinski definition) is 5. The van der Waals surface area contributed by atoms with Crippen molar-refractivity contribution in [3.8, 4) is 10.6 Å². The Kier molecular flexibility index (Phi) is 5.83. The van der Waals surface area contributed by atoms with Crippen LogP contribution in [0.1, 0.15) is 30.3 Å². The van der Waals surface area contributed by atoms with Crippen LogP contribution in [0.25, 0.3) is 10.6 Å². The fourth-order valence-electron chi connectivity index (χ4n) is 3.49. The van der Waals surface area contributed by atoms with Crippen molar-refractivity contribution in [3.05, 3.63) is 65.3 Å². The van der Waals surface area contributed by atoms with Crippen molar-refractivity contribution in [2.75, 3.05) is 19.6 Å². The summed E-state index contributed by atoms with van der Waals surface area (Å²) >= 11 is 1.46. The molecule has 1 unspecified atom stereocenters. The second-order valence-electron chi connectivity index (χ2n) is 6.91. The number of carbonyl (C=O) groups excluding carboxylic acids is 1. The van der Waals surface area contributed by atoms with Gasteiger partial charge in [0.1, 0.15) is 16.6 Å². The highest BCUT2D eigenvalue weighted by molar-refractivity contribution is 7.13. The van der Waals surface area contributed by atoms with Crippen LogP contribution in [0.4, 0.5) is 4.39 Å². The summed E-state index contributed by atoms with van der Waals surface area (Å²) in [4.78, 5) is 19.3. The number of benzene rings is 1. The minimum atomic E-state index is -0.274. The molecule has 3 aromatic rings. The van der Waals surface area contributed by atoms with Crippen LogP contribution in [0.5, 0.6) is 0 Å². The molecule has 1 aromatic carbocycles. The number of aromatic nitrogens is 1. The summed E-state index contributed by atoms with van der Waals surface area (Å²) < 4.78 is 18.7. The number of hydrogen-bond donors (Lipinski definition) is 1. The molecule has 1 fully saturated rings. The second-order valence-corrected chi connectivity index (χ2v) is 7.76. The maximum Gasteiger partial charge on any atom is 0.226 e. The highest BCUT2D eigenvalue weighted by Gasteiger charge is 2.26. The smallest absolute Gasteiger partial charge is 0.226 e. The molecule has 0 spiro atoms. The minimum Gasteiger partial charge on any atom is -0.468 e. The van der Waals surface area contributed by atoms with Crippen molar-refractivity contribution in [3.63, 3.8) is 0 Å². The molecule has 0 bridgehead atoms. The minimum absolute atomic E-state index is 0.0617. The Labute approximate surface area is 167 Å². The van der Waals surface area contributed by atoms with E-state index < -0.39 is 0 Å². The molecule has 2 aromatic heterocycles. The van der Waals surface area contributed by atoms with Gasteiger partial charge in [-0.1, -0.05) is 0 Å². The van der Waals surface area contributed by atoms with E-state index in [9.17, 15) is 9.18 Å². The molecule has 1 amide bonds. The van der Waals surface area contributed by atoms with Crippen molar-refractivity contribution < 1.29 is 13.6 Å². The third kappa shape index (κ3) is 4.48. The van der Waals surface area contributed by atoms with E-state index in [-0.39, 0.29) is 24.2 Å². The lowest BCUT2D eigenvalue weighted by Crippen LogP contribution is -2.37. The van der Waals surface area contributed by atoms with E-state index in [1.54, 1.807) is 18.4 Å². The van der Waals surface area contributed by atoms with Gasteiger partial charge in [0.2, 0.25) is 5.91 Å². The molecule has 146 valence electrons. The Hall–Kier alpha value is -2.51. The number of likely N-dealkylation sites (tertiary alicyclic amines) is 1. The first-order valence-electron chi connectivity index (χ1n) is 9.43. The van der Waals surface area contributed by atoms with E-state index in [2.05, 4.69) is 15.2 Å². The highest BCUT2D eigenvalue weighted by atomic mass is 32.1. The van der Waals surface area contributed by atoms with Gasteiger partial charge >= 0.3 is 0 Å². The Balaban J connectivity index is 1.35. The number of rotatable bonds is 7. The van der Waals surface area contributed by atoms with Gasteiger partial charge < -0.3 is 9.73 Å². The lowest BCUT2D eigenvalue weighted by molar-refractivity contribution is -0.120. The number of thiazole rings is 1. The Morgan fingerprint density at radius 1 is 1.25 bits per heavy atom. The summed E-state index contributed by atoms with van der Waals surface area (Å²) in [6, 6.07) is 10.1. The van der Waals surface area contributed by atoms with Gasteiger partial charge in [-0.25, -0.2) is 9.37 Å². The van der Waals surface area contributed by atoms with Gasteiger partial charge in [-0.3, -0.25) is 9.69 Å². The summed E-state index contributed by atoms with van der Waals surface area (Å²) in [6.07, 6.45) is 4.25. The average molecular weight is 399 g/mol. The van der Waals surface area contributed by atoms with Crippen molar-refractivity contribution in [1.82, 2.24) is 15.2 Å². The van der Waals surface area contributed by atoms with Crippen LogP contribution in [-0.4, -0.2) is 35.4 Å². The maximum absolute atomic E-state index is 13.1. The monoisotopic (exact) mass is 399 g/mol. The fourth-order valence-corrected chi connectivity index (χ4v) is 4.32. The number of amides is 1. The molecule has 0 radical (unpaired) electrons. The van der Waals surface area contributed by atoms with E-state index in [1.807, 2.05) is 17.5 Å². The molecule has 1 N–H and O–H groups in total. The lowest BCUT2D eigenvalue weighted by Gasteiger charge is -2.25. The van der Waals surface area contributed by atoms with E-state index >= 15 is 0 Å². The molecule has 1 aliphatic rings. The summed E-state index contributed by atoms with van der Waals surface area (Å²) in [5.41, 5.74) is 1.57. The number of nitrogens with one attached hydrogen (secondary N) is 1. The molecule has 5 nitrogen and oxygen atoms in total. The molecule has 7 heteroatoms. The maximum atomic E-state index is 13.1. The van der Waals surface area contributed by atoms with Gasteiger partial charge in [-0.15, -0.1) is 11.3 Å². The molecule has 1 atom stereocenters. The Morgan fingerprint density at radius 3 is 2.75 bits per heavy atom. The molecular formula is C21H22FN3O2S. The second kappa shape index (κ2) is 8.67. The van der Waals surface area contributed by atoms with E-state index in [0.717, 1.165) is 35.1 Å². The number of nitrogens with zero attached hydrogens (tertiary/aromatic N) is 2. The largest absolute Gasteiger partial charge is 0.468 e. The molecule has 0 saturated carbocycles. The number of carbonyl (C=O) groups is 1. The van der Waals surface area contributed by atoms with Crippen LogP contribution >= 0.6 is 11.3 Å². The molecule has 4 rings (SSSR count). The zero-order chi connectivity index (χ0) is 19.3. The molecule has 1 saturated heterocycles. The quantitative estimate of drug-likeness (QED) is 0.652. The molecule has 0 aliphatic carbocycles. The SMILES string of the molecule is O=C(Cc1csc(-c2ccc(F)cc2)n1)NCC(c1ccco1)N1CCCC1. The van der Waals surface area contributed by atoms with Gasteiger partial charge in [0, 0.05) is 17.5 Å². The first-order chi connectivity index (χ1) is 13.7. The Bertz CT molecular complexity index is 902. The van der Waals surface area contributed by atoms with Crippen LogP contribution < -0.4 is 5.32 Å². The van der Waals surface area contributed by atoms with E-state index in [1.165, 1.54) is 36.3 Å². The third-order valence-electron chi connectivity index (χ3n) is 4.93. The van der Waals surface area contributed by atoms with Crippen molar-refractivity contribution in [2.45, 2.75) is 25.3 Å². The molecular weight excluding hydrogens is 377 g/mol. The van der Waals surface area contributed by atoms with Gasteiger partial charge in [0.05, 0.1) is 24.4 Å². The topological polar surface area (TPSA) is 58.4 Å². The first-order valence-corrected chi connectivity index (χ1v) is 10.3. The van der Waals surface area contributed by atoms with Crippen LogP contribution in [0.3, 0.4) is 0 Å². The zero-order valence-electron chi connectivity index (χ0n) is 15.4. The number of halogens is 1. The number of furan rings is 1. The summed E-state index contributed by atoms with van der Waals surface area (Å²) in [5, 5.41) is 5.69. The highest BCUT2D eigenvalue weighted by Crippen LogP contribution is 2.26. The summed E-state index contributed by atoms with van der Waals surface area (Å²) in [6.45, 7) is 2.56. The third-order valence-corrected chi connectivity index (χ3v) is 5.87. The predicted octanol–water partition coefficient (Wildman–Crippen LogP) is 4.04. The van der Waals surface area contributed by atoms with Crippen molar-refractivity contribution in [2.24, 2.45) is 0 Å². The first kappa shape index (κ1) is 18.8. The van der Waals surface area contributed by atoms with E-state index in [4.69, 9.17) is 4.42 Å². The predicted molar refractivity (Wildman–Crippen MR) is 106 cm³/mol. The van der Waals surface area contributed by atoms with Crippen LogP contribution in [0, 0.1) is 5.82 Å². The fraction of sp³-hybridized carbons (Fsp3) is 0.333.